The molecule has 0 unspecified atom stereocenters. The van der Waals surface area contributed by atoms with Crippen molar-refractivity contribution in [2.75, 3.05) is 39.7 Å². The van der Waals surface area contributed by atoms with Crippen molar-refractivity contribution in [2.45, 2.75) is 0 Å². The van der Waals surface area contributed by atoms with E-state index in [1.54, 1.807) is 0 Å². The number of nitrogens with zero attached hydrogens (tertiary/aromatic N) is 1. The van der Waals surface area contributed by atoms with Crippen LogP contribution in [0.5, 0.6) is 5.75 Å². The molecule has 2 aromatic rings. The maximum Gasteiger partial charge on any atom is 0.119 e. The monoisotopic (exact) mass is 356 g/mol. The summed E-state index contributed by atoms with van der Waals surface area (Å²) >= 11 is 0. The maximum absolute atomic E-state index is 11.8. The molecule has 0 fully saturated rings. The van der Waals surface area contributed by atoms with Gasteiger partial charge in [-0.05, 0) is 42.1 Å². The van der Waals surface area contributed by atoms with Gasteiger partial charge in [-0.2, -0.15) is 0 Å². The molecular formula is C21H24FNO3. The van der Waals surface area contributed by atoms with Gasteiger partial charge in [-0.25, -0.2) is 4.39 Å². The molecule has 0 aliphatic carbocycles. The molecule has 0 bridgehead atoms. The number of ether oxygens (including phenoxy) is 3. The highest BCUT2D eigenvalue weighted by Crippen LogP contribution is 2.16. The van der Waals surface area contributed by atoms with Gasteiger partial charge in [0.05, 0.1) is 32.1 Å². The fourth-order valence-electron chi connectivity index (χ4n) is 2.15. The smallest absolute Gasteiger partial charge is 0.119 e. The fourth-order valence-corrected chi connectivity index (χ4v) is 2.15. The van der Waals surface area contributed by atoms with Crippen LogP contribution in [0.15, 0.2) is 53.5 Å². The van der Waals surface area contributed by atoms with Crippen molar-refractivity contribution in [3.05, 3.63) is 59.7 Å². The zero-order valence-corrected chi connectivity index (χ0v) is 14.8. The van der Waals surface area contributed by atoms with Gasteiger partial charge >= 0.3 is 0 Å². The largest absolute Gasteiger partial charge is 0.491 e. The van der Waals surface area contributed by atoms with Crippen molar-refractivity contribution in [3.63, 3.8) is 0 Å². The summed E-state index contributed by atoms with van der Waals surface area (Å²) in [6.07, 6.45) is 4.09. The summed E-state index contributed by atoms with van der Waals surface area (Å²) in [6, 6.07) is 15.7. The van der Waals surface area contributed by atoms with E-state index in [9.17, 15) is 4.39 Å². The number of benzene rings is 2. The van der Waals surface area contributed by atoms with E-state index in [4.69, 9.17) is 14.2 Å². The minimum absolute atomic E-state index is 0.123. The Morgan fingerprint density at radius 3 is 1.88 bits per heavy atom. The predicted molar refractivity (Wildman–Crippen MR) is 104 cm³/mol. The summed E-state index contributed by atoms with van der Waals surface area (Å²) < 4.78 is 27.7. The van der Waals surface area contributed by atoms with Gasteiger partial charge in [-0.3, -0.25) is 4.99 Å². The average molecular weight is 356 g/mol. The zero-order chi connectivity index (χ0) is 18.5. The second kappa shape index (κ2) is 12.0. The lowest BCUT2D eigenvalue weighted by Crippen LogP contribution is -2.11. The van der Waals surface area contributed by atoms with E-state index in [-0.39, 0.29) is 6.61 Å². The van der Waals surface area contributed by atoms with E-state index in [2.05, 4.69) is 11.7 Å². The quantitative estimate of drug-likeness (QED) is 0.318. The lowest BCUT2D eigenvalue weighted by atomic mass is 10.1. The van der Waals surface area contributed by atoms with Crippen LogP contribution in [-0.4, -0.2) is 46.4 Å². The van der Waals surface area contributed by atoms with Gasteiger partial charge in [-0.1, -0.05) is 36.4 Å². The van der Waals surface area contributed by atoms with Crippen LogP contribution in [0.25, 0.3) is 12.2 Å². The Bertz CT molecular complexity index is 669. The van der Waals surface area contributed by atoms with Crippen LogP contribution in [0.4, 0.5) is 10.1 Å². The van der Waals surface area contributed by atoms with Crippen LogP contribution in [0.2, 0.25) is 0 Å². The van der Waals surface area contributed by atoms with Gasteiger partial charge in [0.1, 0.15) is 19.0 Å². The molecular weight excluding hydrogens is 332 g/mol. The first-order valence-corrected chi connectivity index (χ1v) is 8.51. The topological polar surface area (TPSA) is 40.0 Å². The van der Waals surface area contributed by atoms with Crippen LogP contribution in [0, 0.1) is 0 Å². The first-order valence-electron chi connectivity index (χ1n) is 8.51. The van der Waals surface area contributed by atoms with Crippen molar-refractivity contribution < 1.29 is 18.6 Å². The third-order valence-electron chi connectivity index (χ3n) is 3.51. The highest BCUT2D eigenvalue weighted by Gasteiger charge is 1.95. The molecule has 2 aromatic carbocycles. The Balaban J connectivity index is 1.68. The molecule has 0 amide bonds. The summed E-state index contributed by atoms with van der Waals surface area (Å²) in [5.74, 6) is 0.792. The van der Waals surface area contributed by atoms with Crippen LogP contribution in [-0.2, 0) is 9.47 Å². The standard InChI is InChI=1S/C21H24FNO3/c1-23-20-8-4-18(5-9-20)2-3-19-6-10-21(11-7-19)26-17-16-25-15-14-24-13-12-22/h2-11H,1,12-17H2/b3-2+/i22-1. The summed E-state index contributed by atoms with van der Waals surface area (Å²) in [4.78, 5) is 3.88. The Labute approximate surface area is 153 Å². The number of alkyl halides is 1. The summed E-state index contributed by atoms with van der Waals surface area (Å²) in [6.45, 7) is 4.93. The molecule has 0 saturated carbocycles. The minimum Gasteiger partial charge on any atom is -0.491 e. The molecule has 0 radical (unpaired) electrons. The second-order valence-electron chi connectivity index (χ2n) is 5.41. The molecule has 0 N–H and O–H groups in total. The summed E-state index contributed by atoms with van der Waals surface area (Å²) in [5, 5.41) is 0. The Hall–Kier alpha value is -2.50. The molecule has 0 aromatic heterocycles. The van der Waals surface area contributed by atoms with Gasteiger partial charge in [0.25, 0.3) is 0 Å². The van der Waals surface area contributed by atoms with Crippen LogP contribution in [0.1, 0.15) is 11.1 Å². The molecule has 26 heavy (non-hydrogen) atoms. The van der Waals surface area contributed by atoms with E-state index in [1.165, 1.54) is 0 Å². The Morgan fingerprint density at radius 1 is 0.769 bits per heavy atom. The van der Waals surface area contributed by atoms with Gasteiger partial charge in [0, 0.05) is 0 Å². The molecule has 0 aliphatic heterocycles. The highest BCUT2D eigenvalue weighted by molar-refractivity contribution is 5.70. The van der Waals surface area contributed by atoms with Crippen LogP contribution < -0.4 is 4.74 Å². The second-order valence-corrected chi connectivity index (χ2v) is 5.41. The molecule has 0 saturated heterocycles. The predicted octanol–water partition coefficient (Wildman–Crippen LogP) is 4.57. The minimum atomic E-state index is -0.465. The van der Waals surface area contributed by atoms with Gasteiger partial charge < -0.3 is 14.2 Å². The molecule has 0 heterocycles. The molecule has 0 aliphatic rings. The lowest BCUT2D eigenvalue weighted by Gasteiger charge is -2.07. The van der Waals surface area contributed by atoms with Crippen molar-refractivity contribution in [1.29, 1.82) is 0 Å². The van der Waals surface area contributed by atoms with Crippen LogP contribution in [0.3, 0.4) is 0 Å². The van der Waals surface area contributed by atoms with E-state index >= 15 is 0 Å². The average Bonchev–Trinajstić information content (AvgIpc) is 2.69. The number of hydrogen-bond donors (Lipinski definition) is 0. The Kier molecular flexibility index (Phi) is 9.11. The molecule has 0 atom stereocenters. The molecule has 2 rings (SSSR count). The van der Waals surface area contributed by atoms with Gasteiger partial charge in [0.15, 0.2) is 0 Å². The summed E-state index contributed by atoms with van der Waals surface area (Å²) in [7, 11) is 0. The maximum atomic E-state index is 11.8. The third kappa shape index (κ3) is 7.59. The van der Waals surface area contributed by atoms with Crippen molar-refractivity contribution >= 4 is 24.6 Å². The number of rotatable bonds is 12. The number of halogens is 1. The van der Waals surface area contributed by atoms with E-state index in [1.807, 2.05) is 60.7 Å². The van der Waals surface area contributed by atoms with Crippen molar-refractivity contribution in [3.8, 4) is 5.75 Å². The van der Waals surface area contributed by atoms with E-state index < -0.39 is 6.67 Å². The van der Waals surface area contributed by atoms with E-state index in [0.29, 0.717) is 26.4 Å². The molecule has 4 nitrogen and oxygen atoms in total. The lowest BCUT2D eigenvalue weighted by molar-refractivity contribution is 0.0325. The fraction of sp³-hybridized carbons (Fsp3) is 0.286. The van der Waals surface area contributed by atoms with Crippen molar-refractivity contribution in [2.24, 2.45) is 4.99 Å². The Morgan fingerprint density at radius 2 is 1.31 bits per heavy atom. The van der Waals surface area contributed by atoms with Gasteiger partial charge in [0.2, 0.25) is 0 Å². The molecule has 0 spiro atoms. The first-order chi connectivity index (χ1) is 12.8. The van der Waals surface area contributed by atoms with Crippen molar-refractivity contribution in [1.82, 2.24) is 0 Å². The number of aliphatic imine (C=N–C) groups is 1. The normalized spacial score (nSPS) is 11.0. The van der Waals surface area contributed by atoms with Gasteiger partial charge in [-0.15, -0.1) is 0 Å². The molecule has 138 valence electrons. The highest BCUT2D eigenvalue weighted by atomic mass is 18.2. The first kappa shape index (κ1) is 19.8. The van der Waals surface area contributed by atoms with E-state index in [0.717, 1.165) is 22.6 Å². The summed E-state index contributed by atoms with van der Waals surface area (Å²) in [5.41, 5.74) is 3.05. The zero-order valence-electron chi connectivity index (χ0n) is 14.8. The SMILES string of the molecule is C=Nc1ccc(/C=C/c2ccc(OCCOCCOCC[18F])cc2)cc1. The van der Waals surface area contributed by atoms with Crippen LogP contribution >= 0.6 is 0 Å². The third-order valence-corrected chi connectivity index (χ3v) is 3.51. The molecule has 5 heteroatoms. The number of hydrogen-bond acceptors (Lipinski definition) is 4.